The van der Waals surface area contributed by atoms with Gasteiger partial charge in [-0.1, -0.05) is 57.7 Å². The van der Waals surface area contributed by atoms with Gasteiger partial charge in [0, 0.05) is 6.04 Å². The molecule has 0 amide bonds. The lowest BCUT2D eigenvalue weighted by Crippen LogP contribution is -2.34. The van der Waals surface area contributed by atoms with Gasteiger partial charge < -0.3 is 5.32 Å². The van der Waals surface area contributed by atoms with E-state index in [2.05, 4.69) is 12.2 Å². The van der Waals surface area contributed by atoms with Gasteiger partial charge in [0.05, 0.1) is 4.99 Å². The summed E-state index contributed by atoms with van der Waals surface area (Å²) < 4.78 is 0. The van der Waals surface area contributed by atoms with E-state index in [0.717, 1.165) is 11.4 Å². The minimum atomic E-state index is 0.692. The Morgan fingerprint density at radius 1 is 1.13 bits per heavy atom. The van der Waals surface area contributed by atoms with Crippen molar-refractivity contribution in [3.05, 3.63) is 0 Å². The third-order valence-electron chi connectivity index (χ3n) is 3.23. The van der Waals surface area contributed by atoms with Crippen LogP contribution < -0.4 is 5.32 Å². The zero-order valence-corrected chi connectivity index (χ0v) is 10.9. The van der Waals surface area contributed by atoms with Gasteiger partial charge in [-0.25, -0.2) is 0 Å². The van der Waals surface area contributed by atoms with Crippen LogP contribution in [0.2, 0.25) is 0 Å². The summed E-state index contributed by atoms with van der Waals surface area (Å²) in [6, 6.07) is 0.692. The number of unbranched alkanes of at least 4 members (excludes halogenated alkanes) is 3. The summed E-state index contributed by atoms with van der Waals surface area (Å²) >= 11 is 5.37. The molecular formula is C13H25NS. The largest absolute Gasteiger partial charge is 0.377 e. The molecule has 0 aromatic carbocycles. The lowest BCUT2D eigenvalue weighted by atomic mass is 9.95. The maximum Gasteiger partial charge on any atom is 0.0755 e. The van der Waals surface area contributed by atoms with Crippen molar-refractivity contribution in [3.63, 3.8) is 0 Å². The van der Waals surface area contributed by atoms with Gasteiger partial charge in [0.25, 0.3) is 0 Å². The third-order valence-corrected chi connectivity index (χ3v) is 3.55. The second-order valence-electron chi connectivity index (χ2n) is 4.71. The highest BCUT2D eigenvalue weighted by Gasteiger charge is 2.13. The molecule has 0 spiro atoms. The van der Waals surface area contributed by atoms with Crippen molar-refractivity contribution in [3.8, 4) is 0 Å². The van der Waals surface area contributed by atoms with Crippen LogP contribution in [0.15, 0.2) is 0 Å². The van der Waals surface area contributed by atoms with E-state index in [1.807, 2.05) is 0 Å². The van der Waals surface area contributed by atoms with Gasteiger partial charge in [0.1, 0.15) is 0 Å². The monoisotopic (exact) mass is 227 g/mol. The van der Waals surface area contributed by atoms with Crippen LogP contribution in [0.5, 0.6) is 0 Å². The first-order valence-electron chi connectivity index (χ1n) is 6.62. The fourth-order valence-electron chi connectivity index (χ4n) is 2.26. The quantitative estimate of drug-likeness (QED) is 0.539. The van der Waals surface area contributed by atoms with Crippen molar-refractivity contribution in [2.45, 2.75) is 77.2 Å². The van der Waals surface area contributed by atoms with Crippen LogP contribution in [-0.4, -0.2) is 11.0 Å². The van der Waals surface area contributed by atoms with Crippen molar-refractivity contribution in [2.24, 2.45) is 0 Å². The lowest BCUT2D eigenvalue weighted by molar-refractivity contribution is 0.413. The van der Waals surface area contributed by atoms with Gasteiger partial charge in [-0.15, -0.1) is 0 Å². The molecule has 1 aliphatic rings. The summed E-state index contributed by atoms with van der Waals surface area (Å²) in [6.07, 6.45) is 13.2. The first-order valence-corrected chi connectivity index (χ1v) is 7.03. The summed E-state index contributed by atoms with van der Waals surface area (Å²) in [6.45, 7) is 2.25. The van der Waals surface area contributed by atoms with E-state index in [4.69, 9.17) is 12.2 Å². The molecule has 2 heteroatoms. The SMILES string of the molecule is CCCCCCC(=S)NC1CCCCC1. The number of nitrogens with one attached hydrogen (secondary N) is 1. The normalized spacial score (nSPS) is 17.7. The van der Waals surface area contributed by atoms with Gasteiger partial charge in [-0.3, -0.25) is 0 Å². The molecule has 1 fully saturated rings. The standard InChI is InChI=1S/C13H25NS/c1-2-3-4-8-11-13(15)14-12-9-6-5-7-10-12/h12H,2-11H2,1H3,(H,14,15). The minimum Gasteiger partial charge on any atom is -0.377 e. The molecule has 0 saturated heterocycles. The van der Waals surface area contributed by atoms with Gasteiger partial charge >= 0.3 is 0 Å². The summed E-state index contributed by atoms with van der Waals surface area (Å²) in [7, 11) is 0. The maximum atomic E-state index is 5.37. The predicted octanol–water partition coefficient (Wildman–Crippen LogP) is 4.21. The van der Waals surface area contributed by atoms with E-state index in [1.165, 1.54) is 57.8 Å². The van der Waals surface area contributed by atoms with E-state index < -0.39 is 0 Å². The van der Waals surface area contributed by atoms with Crippen molar-refractivity contribution in [1.29, 1.82) is 0 Å². The molecule has 0 heterocycles. The van der Waals surface area contributed by atoms with E-state index in [0.29, 0.717) is 6.04 Å². The molecule has 1 rings (SSSR count). The Balaban J connectivity index is 2.01. The number of hydrogen-bond donors (Lipinski definition) is 1. The first kappa shape index (κ1) is 13.0. The molecule has 0 aromatic heterocycles. The highest BCUT2D eigenvalue weighted by molar-refractivity contribution is 7.80. The first-order chi connectivity index (χ1) is 7.33. The molecule has 15 heavy (non-hydrogen) atoms. The topological polar surface area (TPSA) is 12.0 Å². The van der Waals surface area contributed by atoms with Crippen molar-refractivity contribution in [2.75, 3.05) is 0 Å². The second-order valence-corrected chi connectivity index (χ2v) is 5.21. The molecule has 0 aromatic rings. The second kappa shape index (κ2) is 8.09. The molecule has 0 bridgehead atoms. The summed E-state index contributed by atoms with van der Waals surface area (Å²) in [4.78, 5) is 1.11. The van der Waals surface area contributed by atoms with Crippen LogP contribution in [0, 0.1) is 0 Å². The molecule has 1 N–H and O–H groups in total. The molecule has 0 radical (unpaired) electrons. The van der Waals surface area contributed by atoms with Crippen LogP contribution in [0.3, 0.4) is 0 Å². The molecule has 88 valence electrons. The Labute approximate surface area is 100 Å². The van der Waals surface area contributed by atoms with Crippen LogP contribution in [0.25, 0.3) is 0 Å². The maximum absolute atomic E-state index is 5.37. The van der Waals surface area contributed by atoms with Crippen LogP contribution >= 0.6 is 12.2 Å². The molecule has 1 aliphatic carbocycles. The highest BCUT2D eigenvalue weighted by atomic mass is 32.1. The average Bonchev–Trinajstić information content (AvgIpc) is 2.26. The number of thiocarbonyl (C=S) groups is 1. The van der Waals surface area contributed by atoms with E-state index in [1.54, 1.807) is 0 Å². The molecule has 0 aliphatic heterocycles. The summed E-state index contributed by atoms with van der Waals surface area (Å²) in [5, 5.41) is 3.53. The van der Waals surface area contributed by atoms with Crippen molar-refractivity contribution >= 4 is 17.2 Å². The smallest absolute Gasteiger partial charge is 0.0755 e. The Morgan fingerprint density at radius 2 is 1.87 bits per heavy atom. The zero-order valence-electron chi connectivity index (χ0n) is 10.1. The number of hydrogen-bond acceptors (Lipinski definition) is 1. The van der Waals surface area contributed by atoms with Crippen LogP contribution in [0.1, 0.15) is 71.1 Å². The van der Waals surface area contributed by atoms with Crippen LogP contribution in [-0.2, 0) is 0 Å². The molecular weight excluding hydrogens is 202 g/mol. The minimum absolute atomic E-state index is 0.692. The van der Waals surface area contributed by atoms with E-state index >= 15 is 0 Å². The van der Waals surface area contributed by atoms with E-state index in [-0.39, 0.29) is 0 Å². The average molecular weight is 227 g/mol. The number of rotatable bonds is 6. The summed E-state index contributed by atoms with van der Waals surface area (Å²) in [5.74, 6) is 0. The predicted molar refractivity (Wildman–Crippen MR) is 71.4 cm³/mol. The lowest BCUT2D eigenvalue weighted by Gasteiger charge is -2.24. The van der Waals surface area contributed by atoms with Crippen LogP contribution in [0.4, 0.5) is 0 Å². The Hall–Kier alpha value is -0.110. The molecule has 1 nitrogen and oxygen atoms in total. The molecule has 1 saturated carbocycles. The van der Waals surface area contributed by atoms with Crippen molar-refractivity contribution < 1.29 is 0 Å². The fraction of sp³-hybridized carbons (Fsp3) is 0.923. The Bertz CT molecular complexity index is 173. The Kier molecular flexibility index (Phi) is 6.99. The van der Waals surface area contributed by atoms with Gasteiger partial charge in [-0.2, -0.15) is 0 Å². The summed E-state index contributed by atoms with van der Waals surface area (Å²) in [5.41, 5.74) is 0. The molecule has 0 unspecified atom stereocenters. The van der Waals surface area contributed by atoms with E-state index in [9.17, 15) is 0 Å². The van der Waals surface area contributed by atoms with Gasteiger partial charge in [0.2, 0.25) is 0 Å². The van der Waals surface area contributed by atoms with Crippen molar-refractivity contribution in [1.82, 2.24) is 5.32 Å². The van der Waals surface area contributed by atoms with Gasteiger partial charge in [-0.05, 0) is 25.7 Å². The zero-order chi connectivity index (χ0) is 10.9. The Morgan fingerprint density at radius 3 is 2.53 bits per heavy atom. The fourth-order valence-corrected chi connectivity index (χ4v) is 2.57. The highest BCUT2D eigenvalue weighted by Crippen LogP contribution is 2.17. The van der Waals surface area contributed by atoms with Gasteiger partial charge in [0.15, 0.2) is 0 Å². The third kappa shape index (κ3) is 6.14. The molecule has 0 atom stereocenters.